The molecular weight excluding hydrogens is 284 g/mol. The second-order valence-electron chi connectivity index (χ2n) is 4.81. The molecule has 3 aromatic rings. The largest absolute Gasteiger partial charge is 0.372 e. The zero-order valence-electron chi connectivity index (χ0n) is 11.4. The van der Waals surface area contributed by atoms with Gasteiger partial charge < -0.3 is 5.32 Å². The van der Waals surface area contributed by atoms with Crippen molar-refractivity contribution in [2.75, 3.05) is 5.32 Å². The van der Waals surface area contributed by atoms with E-state index >= 15 is 0 Å². The van der Waals surface area contributed by atoms with Gasteiger partial charge in [0.05, 0.1) is 4.92 Å². The molecular formula is C16H14N2O2S. The van der Waals surface area contributed by atoms with Gasteiger partial charge >= 0.3 is 5.00 Å². The molecule has 106 valence electrons. The van der Waals surface area contributed by atoms with Gasteiger partial charge in [-0.3, -0.25) is 10.1 Å². The molecule has 0 bridgehead atoms. The number of hydrogen-bond donors (Lipinski definition) is 1. The van der Waals surface area contributed by atoms with Gasteiger partial charge in [0, 0.05) is 16.1 Å². The Morgan fingerprint density at radius 1 is 1.10 bits per heavy atom. The first-order valence-corrected chi connectivity index (χ1v) is 7.46. The fraction of sp³-hybridized carbons (Fsp3) is 0.125. The lowest BCUT2D eigenvalue weighted by molar-refractivity contribution is -0.379. The van der Waals surface area contributed by atoms with E-state index in [0.717, 1.165) is 15.6 Å². The molecule has 1 atom stereocenters. The van der Waals surface area contributed by atoms with Gasteiger partial charge in [0.2, 0.25) is 0 Å². The van der Waals surface area contributed by atoms with Crippen LogP contribution in [0.15, 0.2) is 54.6 Å². The predicted molar refractivity (Wildman–Crippen MR) is 87.0 cm³/mol. The maximum Gasteiger partial charge on any atom is 0.348 e. The van der Waals surface area contributed by atoms with E-state index in [0.29, 0.717) is 5.69 Å². The van der Waals surface area contributed by atoms with E-state index in [1.54, 1.807) is 0 Å². The first-order valence-electron chi connectivity index (χ1n) is 6.64. The summed E-state index contributed by atoms with van der Waals surface area (Å²) in [5.41, 5.74) is 1.71. The van der Waals surface area contributed by atoms with E-state index in [9.17, 15) is 10.1 Å². The normalized spacial score (nSPS) is 12.2. The van der Waals surface area contributed by atoms with Gasteiger partial charge in [0.15, 0.2) is 0 Å². The summed E-state index contributed by atoms with van der Waals surface area (Å²) in [6.45, 7) is 2.01. The summed E-state index contributed by atoms with van der Waals surface area (Å²) in [5, 5.41) is 15.7. The zero-order valence-corrected chi connectivity index (χ0v) is 12.3. The summed E-state index contributed by atoms with van der Waals surface area (Å²) in [7, 11) is 0. The van der Waals surface area contributed by atoms with Gasteiger partial charge in [-0.25, -0.2) is 0 Å². The molecule has 0 fully saturated rings. The molecule has 1 N–H and O–H groups in total. The first kappa shape index (κ1) is 13.6. The third kappa shape index (κ3) is 2.60. The van der Waals surface area contributed by atoms with Crippen molar-refractivity contribution in [1.29, 1.82) is 0 Å². The Morgan fingerprint density at radius 3 is 2.48 bits per heavy atom. The number of nitrogens with one attached hydrogen (secondary N) is 1. The minimum Gasteiger partial charge on any atom is -0.372 e. The molecule has 4 nitrogen and oxygen atoms in total. The summed E-state index contributed by atoms with van der Waals surface area (Å²) < 4.78 is 0.923. The number of benzene rings is 2. The van der Waals surface area contributed by atoms with Gasteiger partial charge in [-0.15, -0.1) is 0 Å². The van der Waals surface area contributed by atoms with Gasteiger partial charge in [0.1, 0.15) is 5.69 Å². The van der Waals surface area contributed by atoms with Crippen LogP contribution in [0.25, 0.3) is 10.1 Å². The van der Waals surface area contributed by atoms with Crippen LogP contribution in [0.5, 0.6) is 0 Å². The summed E-state index contributed by atoms with van der Waals surface area (Å²) in [4.78, 5) is 11.0. The van der Waals surface area contributed by atoms with Crippen LogP contribution in [0.1, 0.15) is 18.5 Å². The lowest BCUT2D eigenvalue weighted by Crippen LogP contribution is -2.07. The first-order chi connectivity index (χ1) is 10.2. The quantitative estimate of drug-likeness (QED) is 0.545. The second kappa shape index (κ2) is 5.54. The topological polar surface area (TPSA) is 55.2 Å². The summed E-state index contributed by atoms with van der Waals surface area (Å²) in [6.07, 6.45) is 0. The van der Waals surface area contributed by atoms with Crippen molar-refractivity contribution in [3.63, 3.8) is 0 Å². The molecule has 0 aliphatic rings. The molecule has 0 aliphatic carbocycles. The van der Waals surface area contributed by atoms with E-state index in [4.69, 9.17) is 0 Å². The van der Waals surface area contributed by atoms with E-state index < -0.39 is 0 Å². The minimum absolute atomic E-state index is 0.00269. The maximum absolute atomic E-state index is 11.3. The van der Waals surface area contributed by atoms with E-state index in [-0.39, 0.29) is 16.0 Å². The SMILES string of the molecule is C[C@H](Nc1c([N+](=O)[O-])sc2ccccc12)c1ccccc1. The Bertz CT molecular complexity index is 783. The molecule has 0 saturated carbocycles. The molecule has 0 aliphatic heterocycles. The number of anilines is 1. The van der Waals surface area contributed by atoms with Gasteiger partial charge in [0.25, 0.3) is 0 Å². The molecule has 0 radical (unpaired) electrons. The van der Waals surface area contributed by atoms with Gasteiger partial charge in [-0.1, -0.05) is 59.9 Å². The summed E-state index contributed by atoms with van der Waals surface area (Å²) in [6, 6.07) is 17.5. The molecule has 1 heterocycles. The van der Waals surface area contributed by atoms with Crippen LogP contribution in [0.4, 0.5) is 10.7 Å². The Morgan fingerprint density at radius 2 is 1.76 bits per heavy atom. The second-order valence-corrected chi connectivity index (χ2v) is 5.84. The van der Waals surface area contributed by atoms with Crippen molar-refractivity contribution in [3.8, 4) is 0 Å². The van der Waals surface area contributed by atoms with Crippen molar-refractivity contribution in [3.05, 3.63) is 70.3 Å². The van der Waals surface area contributed by atoms with Crippen molar-refractivity contribution >= 4 is 32.1 Å². The number of hydrogen-bond acceptors (Lipinski definition) is 4. The third-order valence-corrected chi connectivity index (χ3v) is 4.53. The molecule has 3 rings (SSSR count). The van der Waals surface area contributed by atoms with Crippen LogP contribution in [0, 0.1) is 10.1 Å². The highest BCUT2D eigenvalue weighted by Crippen LogP contribution is 2.42. The lowest BCUT2D eigenvalue weighted by atomic mass is 10.1. The molecule has 0 unspecified atom stereocenters. The van der Waals surface area contributed by atoms with Crippen molar-refractivity contribution in [2.45, 2.75) is 13.0 Å². The number of rotatable bonds is 4. The Kier molecular flexibility index (Phi) is 3.58. The van der Waals surface area contributed by atoms with Gasteiger partial charge in [-0.05, 0) is 18.6 Å². The van der Waals surface area contributed by atoms with Crippen LogP contribution in [-0.2, 0) is 0 Å². The minimum atomic E-state index is -0.315. The Balaban J connectivity index is 2.03. The van der Waals surface area contributed by atoms with E-state index in [1.165, 1.54) is 11.3 Å². The smallest absolute Gasteiger partial charge is 0.348 e. The average Bonchev–Trinajstić information content (AvgIpc) is 2.87. The average molecular weight is 298 g/mol. The number of thiophene rings is 1. The third-order valence-electron chi connectivity index (χ3n) is 3.40. The number of fused-ring (bicyclic) bond motifs is 1. The van der Waals surface area contributed by atoms with Crippen LogP contribution < -0.4 is 5.32 Å². The predicted octanol–water partition coefficient (Wildman–Crippen LogP) is 4.98. The molecule has 5 heteroatoms. The standard InChI is InChI=1S/C16H14N2O2S/c1-11(12-7-3-2-4-8-12)17-15-13-9-5-6-10-14(13)21-16(15)18(19)20/h2-11,17H,1H3/t11-/m0/s1. The fourth-order valence-electron chi connectivity index (χ4n) is 2.34. The monoisotopic (exact) mass is 298 g/mol. The lowest BCUT2D eigenvalue weighted by Gasteiger charge is -2.14. The van der Waals surface area contributed by atoms with Crippen LogP contribution in [-0.4, -0.2) is 4.92 Å². The summed E-state index contributed by atoms with van der Waals surface area (Å²) >= 11 is 1.21. The van der Waals surface area contributed by atoms with Crippen molar-refractivity contribution in [1.82, 2.24) is 0 Å². The van der Waals surface area contributed by atoms with Crippen LogP contribution in [0.3, 0.4) is 0 Å². The number of nitro groups is 1. The van der Waals surface area contributed by atoms with Crippen molar-refractivity contribution < 1.29 is 4.92 Å². The fourth-order valence-corrected chi connectivity index (χ4v) is 3.32. The molecule has 1 aromatic heterocycles. The molecule has 21 heavy (non-hydrogen) atoms. The van der Waals surface area contributed by atoms with Crippen LogP contribution in [0.2, 0.25) is 0 Å². The highest BCUT2D eigenvalue weighted by Gasteiger charge is 2.22. The zero-order chi connectivity index (χ0) is 14.8. The highest BCUT2D eigenvalue weighted by molar-refractivity contribution is 7.23. The Hall–Kier alpha value is -2.40. The molecule has 2 aromatic carbocycles. The molecule has 0 amide bonds. The van der Waals surface area contributed by atoms with Crippen LogP contribution >= 0.6 is 11.3 Å². The molecule has 0 spiro atoms. The highest BCUT2D eigenvalue weighted by atomic mass is 32.1. The van der Waals surface area contributed by atoms with Crippen molar-refractivity contribution in [2.24, 2.45) is 0 Å². The Labute approximate surface area is 126 Å². The van der Waals surface area contributed by atoms with E-state index in [1.807, 2.05) is 61.5 Å². The van der Waals surface area contributed by atoms with Gasteiger partial charge in [-0.2, -0.15) is 0 Å². The van der Waals surface area contributed by atoms with E-state index in [2.05, 4.69) is 5.32 Å². The maximum atomic E-state index is 11.3. The molecule has 0 saturated heterocycles. The summed E-state index contributed by atoms with van der Waals surface area (Å²) in [5.74, 6) is 0. The number of nitrogens with zero attached hydrogens (tertiary/aromatic N) is 1.